The Hall–Kier alpha value is -2.38. The summed E-state index contributed by atoms with van der Waals surface area (Å²) in [7, 11) is -8.96. The van der Waals surface area contributed by atoms with Gasteiger partial charge in [0.05, 0.1) is 6.10 Å². The molecule has 2 heterocycles. The van der Waals surface area contributed by atoms with Gasteiger partial charge in [-0.3, -0.25) is 23.4 Å². The van der Waals surface area contributed by atoms with Crippen molar-refractivity contribution in [2.45, 2.75) is 70.1 Å². The molecule has 2 rings (SSSR count). The molecule has 0 saturated carbocycles. The van der Waals surface area contributed by atoms with Crippen LogP contribution in [0.1, 0.15) is 34.1 Å². The van der Waals surface area contributed by atoms with Crippen molar-refractivity contribution in [1.29, 1.82) is 0 Å². The predicted molar refractivity (Wildman–Crippen MR) is 115 cm³/mol. The highest BCUT2D eigenvalue weighted by Crippen LogP contribution is 2.34. The Morgan fingerprint density at radius 2 is 1.39 bits per heavy atom. The molecule has 206 valence electrons. The zero-order chi connectivity index (χ0) is 27.4. The number of nitrogens with two attached hydrogens (primary N) is 1. The van der Waals surface area contributed by atoms with Crippen LogP contribution in [0.3, 0.4) is 0 Å². The summed E-state index contributed by atoms with van der Waals surface area (Å²) in [5.74, 6) is -3.55. The van der Waals surface area contributed by atoms with Gasteiger partial charge in [-0.15, -0.1) is 0 Å². The molecule has 18 heteroatoms. The highest BCUT2D eigenvalue weighted by Gasteiger charge is 2.58. The van der Waals surface area contributed by atoms with Crippen LogP contribution in [-0.2, 0) is 67.4 Å². The fourth-order valence-corrected chi connectivity index (χ4v) is 6.17. The molecule has 0 radical (unpaired) electrons. The smallest absolute Gasteiger partial charge is 0.333 e. The number of esters is 4. The van der Waals surface area contributed by atoms with Crippen molar-refractivity contribution in [2.24, 2.45) is 5.14 Å². The van der Waals surface area contributed by atoms with Crippen molar-refractivity contribution < 1.29 is 63.9 Å². The van der Waals surface area contributed by atoms with Gasteiger partial charge in [0, 0.05) is 40.8 Å². The molecule has 36 heavy (non-hydrogen) atoms. The van der Waals surface area contributed by atoms with Crippen LogP contribution < -0.4 is 5.14 Å². The second kappa shape index (κ2) is 11.8. The Morgan fingerprint density at radius 1 is 0.861 bits per heavy atom. The predicted octanol–water partition coefficient (Wildman–Crippen LogP) is -2.31. The van der Waals surface area contributed by atoms with Gasteiger partial charge in [-0.1, -0.05) is 0 Å². The van der Waals surface area contributed by atoms with Crippen LogP contribution in [0, 0.1) is 0 Å². The highest BCUT2D eigenvalue weighted by atomic mass is 32.2. The van der Waals surface area contributed by atoms with Crippen LogP contribution in [0.5, 0.6) is 0 Å². The second-order valence-electron chi connectivity index (χ2n) is 7.97. The van der Waals surface area contributed by atoms with Gasteiger partial charge in [0.1, 0.15) is 12.7 Å². The van der Waals surface area contributed by atoms with E-state index >= 15 is 0 Å². The molecule has 0 amide bonds. The number of carbonyl (C=O) groups is 4. The minimum atomic E-state index is -4.59. The summed E-state index contributed by atoms with van der Waals surface area (Å²) in [6.07, 6.45) is -7.64. The van der Waals surface area contributed by atoms with E-state index < -0.39 is 93.3 Å². The van der Waals surface area contributed by atoms with E-state index in [2.05, 4.69) is 4.18 Å². The molecule has 2 fully saturated rings. The summed E-state index contributed by atoms with van der Waals surface area (Å²) in [6, 6.07) is 0. The summed E-state index contributed by atoms with van der Waals surface area (Å²) < 4.78 is 81.2. The third-order valence-electron chi connectivity index (χ3n) is 4.98. The molecule has 0 aromatic heterocycles. The molecule has 2 aliphatic heterocycles. The van der Waals surface area contributed by atoms with Gasteiger partial charge in [-0.2, -0.15) is 12.7 Å². The second-order valence-corrected chi connectivity index (χ2v) is 11.2. The highest BCUT2D eigenvalue weighted by molar-refractivity contribution is 7.89. The largest absolute Gasteiger partial charge is 0.463 e. The lowest BCUT2D eigenvalue weighted by Crippen LogP contribution is -2.65. The molecule has 0 bridgehead atoms. The molecule has 0 unspecified atom stereocenters. The minimum Gasteiger partial charge on any atom is -0.463 e. The first-order chi connectivity index (χ1) is 16.5. The molecule has 0 aromatic rings. The first-order valence-corrected chi connectivity index (χ1v) is 13.5. The lowest BCUT2D eigenvalue weighted by molar-refractivity contribution is -0.239. The molecule has 2 saturated heterocycles. The SMILES string of the molecule is CC(=O)OC[C@H]1O[C@@H](S(=O)(=O)N2CC[C@@H](OS(N)(=O)=O)C2)[C@H](OC(C)=O)[C@@H](OC(C)=O)[C@@H]1OC(C)=O. The number of rotatable bonds is 9. The van der Waals surface area contributed by atoms with E-state index in [1.54, 1.807) is 0 Å². The zero-order valence-electron chi connectivity index (χ0n) is 19.8. The van der Waals surface area contributed by atoms with Crippen molar-refractivity contribution in [1.82, 2.24) is 4.31 Å². The van der Waals surface area contributed by atoms with Crippen molar-refractivity contribution in [3.8, 4) is 0 Å². The number of ether oxygens (including phenoxy) is 5. The standard InChI is InChI=1S/C18H28N2O14S2/c1-9(21)29-8-14-15(30-10(2)22)16(31-11(3)23)17(32-12(4)24)18(33-14)35(25,26)20-6-5-13(7-20)34-36(19,27)28/h13-18H,5-8H2,1-4H3,(H2,19,27,28)/t13-,14-,15-,16+,17-,18+/m1/s1. The lowest BCUT2D eigenvalue weighted by atomic mass is 9.99. The first-order valence-electron chi connectivity index (χ1n) is 10.5. The number of hydrogen-bond acceptors (Lipinski definition) is 14. The monoisotopic (exact) mass is 560 g/mol. The summed E-state index contributed by atoms with van der Waals surface area (Å²) >= 11 is 0. The van der Waals surface area contributed by atoms with Gasteiger partial charge in [0.15, 0.2) is 18.3 Å². The Labute approximate surface area is 207 Å². The average molecular weight is 561 g/mol. The van der Waals surface area contributed by atoms with Crippen LogP contribution in [-0.4, -0.2) is 101 Å². The van der Waals surface area contributed by atoms with Crippen LogP contribution >= 0.6 is 0 Å². The van der Waals surface area contributed by atoms with E-state index in [9.17, 15) is 36.0 Å². The Morgan fingerprint density at radius 3 is 1.89 bits per heavy atom. The summed E-state index contributed by atoms with van der Waals surface area (Å²) in [5, 5.41) is 4.85. The van der Waals surface area contributed by atoms with Gasteiger partial charge < -0.3 is 23.7 Å². The quantitative estimate of drug-likeness (QED) is 0.231. The molecular weight excluding hydrogens is 532 g/mol. The Kier molecular flexibility index (Phi) is 9.77. The average Bonchev–Trinajstić information content (AvgIpc) is 3.15. The van der Waals surface area contributed by atoms with Crippen LogP contribution in [0.4, 0.5) is 0 Å². The van der Waals surface area contributed by atoms with E-state index in [4.69, 9.17) is 28.8 Å². The lowest BCUT2D eigenvalue weighted by Gasteiger charge is -2.44. The van der Waals surface area contributed by atoms with Gasteiger partial charge in [-0.25, -0.2) is 13.6 Å². The zero-order valence-corrected chi connectivity index (χ0v) is 21.5. The van der Waals surface area contributed by atoms with E-state index in [0.717, 1.165) is 32.0 Å². The first kappa shape index (κ1) is 29.8. The van der Waals surface area contributed by atoms with Crippen LogP contribution in [0.2, 0.25) is 0 Å². The van der Waals surface area contributed by atoms with Crippen molar-refractivity contribution >= 4 is 44.2 Å². The fraction of sp³-hybridized carbons (Fsp3) is 0.778. The van der Waals surface area contributed by atoms with Crippen molar-refractivity contribution in [3.63, 3.8) is 0 Å². The number of hydrogen-bond donors (Lipinski definition) is 1. The van der Waals surface area contributed by atoms with E-state index in [0.29, 0.717) is 0 Å². The van der Waals surface area contributed by atoms with E-state index in [1.165, 1.54) is 0 Å². The molecule has 0 aromatic carbocycles. The fourth-order valence-electron chi connectivity index (χ4n) is 3.77. The van der Waals surface area contributed by atoms with Gasteiger partial charge in [0.25, 0.3) is 0 Å². The topological polar surface area (TPSA) is 221 Å². The Balaban J connectivity index is 2.50. The third kappa shape index (κ3) is 8.07. The molecule has 6 atom stereocenters. The minimum absolute atomic E-state index is 0.0407. The van der Waals surface area contributed by atoms with E-state index in [-0.39, 0.29) is 13.0 Å². The summed E-state index contributed by atoms with van der Waals surface area (Å²) in [5.41, 5.74) is -2.04. The number of sulfonamides is 1. The van der Waals surface area contributed by atoms with Crippen LogP contribution in [0.25, 0.3) is 0 Å². The van der Waals surface area contributed by atoms with Gasteiger partial charge in [0.2, 0.25) is 15.5 Å². The summed E-state index contributed by atoms with van der Waals surface area (Å²) in [6.45, 7) is 2.78. The molecular formula is C18H28N2O14S2. The Bertz CT molecular complexity index is 1080. The maximum Gasteiger partial charge on any atom is 0.333 e. The normalized spacial score (nSPS) is 29.2. The van der Waals surface area contributed by atoms with Crippen LogP contribution in [0.15, 0.2) is 0 Å². The molecule has 2 N–H and O–H groups in total. The maximum atomic E-state index is 13.6. The molecule has 0 aliphatic carbocycles. The third-order valence-corrected chi connectivity index (χ3v) is 7.54. The van der Waals surface area contributed by atoms with Gasteiger partial charge >= 0.3 is 34.2 Å². The van der Waals surface area contributed by atoms with Crippen molar-refractivity contribution in [2.75, 3.05) is 19.7 Å². The summed E-state index contributed by atoms with van der Waals surface area (Å²) in [4.78, 5) is 46.9. The maximum absolute atomic E-state index is 13.6. The van der Waals surface area contributed by atoms with Gasteiger partial charge in [-0.05, 0) is 6.42 Å². The van der Waals surface area contributed by atoms with E-state index in [1.807, 2.05) is 0 Å². The molecule has 0 spiro atoms. The number of nitrogens with zero attached hydrogens (tertiary/aromatic N) is 1. The van der Waals surface area contributed by atoms with Crippen molar-refractivity contribution in [3.05, 3.63) is 0 Å². The molecule has 2 aliphatic rings. The molecule has 16 nitrogen and oxygen atoms in total. The number of carbonyl (C=O) groups excluding carboxylic acids is 4.